The molecular formula is C18H20N2O3S. The summed E-state index contributed by atoms with van der Waals surface area (Å²) in [6, 6.07) is 7.62. The van der Waals surface area contributed by atoms with Crippen LogP contribution >= 0.6 is 11.3 Å². The normalized spacial score (nSPS) is 17.2. The molecular weight excluding hydrogens is 324 g/mol. The lowest BCUT2D eigenvalue weighted by Gasteiger charge is -2.24. The van der Waals surface area contributed by atoms with E-state index in [4.69, 9.17) is 4.42 Å². The Bertz CT molecular complexity index is 694. The summed E-state index contributed by atoms with van der Waals surface area (Å²) in [5, 5.41) is 2.00. The van der Waals surface area contributed by atoms with Crippen molar-refractivity contribution in [2.75, 3.05) is 13.1 Å². The van der Waals surface area contributed by atoms with Crippen LogP contribution in [0.2, 0.25) is 0 Å². The summed E-state index contributed by atoms with van der Waals surface area (Å²) in [7, 11) is 0. The van der Waals surface area contributed by atoms with E-state index in [0.29, 0.717) is 26.2 Å². The molecule has 0 radical (unpaired) electrons. The zero-order chi connectivity index (χ0) is 16.9. The van der Waals surface area contributed by atoms with Crippen molar-refractivity contribution < 1.29 is 14.0 Å². The quantitative estimate of drug-likeness (QED) is 0.726. The number of hydrogen-bond donors (Lipinski definition) is 0. The first kappa shape index (κ1) is 16.5. The third-order valence-corrected chi connectivity index (χ3v) is 4.94. The zero-order valence-corrected chi connectivity index (χ0v) is 14.2. The molecule has 0 saturated carbocycles. The van der Waals surface area contributed by atoms with E-state index in [1.807, 2.05) is 23.6 Å². The van der Waals surface area contributed by atoms with E-state index in [9.17, 15) is 9.59 Å². The van der Waals surface area contributed by atoms with Crippen molar-refractivity contribution in [3.05, 3.63) is 59.2 Å². The van der Waals surface area contributed by atoms with E-state index in [-0.39, 0.29) is 24.2 Å². The van der Waals surface area contributed by atoms with Crippen molar-refractivity contribution in [3.8, 4) is 0 Å². The third kappa shape index (κ3) is 3.76. The second-order valence-corrected chi connectivity index (χ2v) is 6.87. The van der Waals surface area contributed by atoms with Gasteiger partial charge >= 0.3 is 0 Å². The lowest BCUT2D eigenvalue weighted by Crippen LogP contribution is -2.37. The number of likely N-dealkylation sites (tertiary alicyclic amines) is 1. The van der Waals surface area contributed by atoms with Crippen molar-refractivity contribution in [2.24, 2.45) is 5.92 Å². The highest BCUT2D eigenvalue weighted by atomic mass is 32.1. The van der Waals surface area contributed by atoms with Crippen LogP contribution in [0.5, 0.6) is 0 Å². The summed E-state index contributed by atoms with van der Waals surface area (Å²) >= 11 is 1.62. The van der Waals surface area contributed by atoms with Crippen molar-refractivity contribution in [3.63, 3.8) is 0 Å². The van der Waals surface area contributed by atoms with Gasteiger partial charge in [-0.3, -0.25) is 9.59 Å². The summed E-state index contributed by atoms with van der Waals surface area (Å²) in [5.74, 6) is 0.448. The summed E-state index contributed by atoms with van der Waals surface area (Å²) in [5.41, 5.74) is 0. The van der Waals surface area contributed by atoms with Gasteiger partial charge in [0, 0.05) is 24.4 Å². The number of carbonyl (C=O) groups excluding carboxylic acids is 2. The Morgan fingerprint density at radius 2 is 2.33 bits per heavy atom. The maximum atomic E-state index is 12.8. The predicted octanol–water partition coefficient (Wildman–Crippen LogP) is 2.90. The Morgan fingerprint density at radius 1 is 1.46 bits per heavy atom. The van der Waals surface area contributed by atoms with Crippen LogP contribution in [0, 0.1) is 5.92 Å². The Labute approximate surface area is 145 Å². The molecule has 1 atom stereocenters. The largest absolute Gasteiger partial charge is 0.467 e. The molecule has 1 unspecified atom stereocenters. The first-order valence-electron chi connectivity index (χ1n) is 7.89. The first-order valence-corrected chi connectivity index (χ1v) is 8.77. The van der Waals surface area contributed by atoms with E-state index in [1.165, 1.54) is 0 Å². The minimum Gasteiger partial charge on any atom is -0.467 e. The van der Waals surface area contributed by atoms with Gasteiger partial charge in [0.2, 0.25) is 11.8 Å². The second kappa shape index (κ2) is 7.49. The molecule has 0 aromatic carbocycles. The van der Waals surface area contributed by atoms with Crippen LogP contribution in [0.4, 0.5) is 0 Å². The summed E-state index contributed by atoms with van der Waals surface area (Å²) in [6.07, 6.45) is 3.58. The lowest BCUT2D eigenvalue weighted by molar-refractivity contribution is -0.135. The number of thiophene rings is 1. The van der Waals surface area contributed by atoms with Crippen molar-refractivity contribution in [1.29, 1.82) is 0 Å². The summed E-state index contributed by atoms with van der Waals surface area (Å²) in [6.45, 7) is 5.64. The van der Waals surface area contributed by atoms with Gasteiger partial charge in [-0.1, -0.05) is 12.1 Å². The van der Waals surface area contributed by atoms with Crippen LogP contribution in [-0.4, -0.2) is 34.7 Å². The third-order valence-electron chi connectivity index (χ3n) is 4.08. The molecule has 0 N–H and O–H groups in total. The number of carbonyl (C=O) groups is 2. The second-order valence-electron chi connectivity index (χ2n) is 5.84. The van der Waals surface area contributed by atoms with E-state index in [1.54, 1.807) is 39.5 Å². The van der Waals surface area contributed by atoms with Gasteiger partial charge in [0.05, 0.1) is 25.3 Å². The fourth-order valence-corrected chi connectivity index (χ4v) is 3.64. The minimum atomic E-state index is -0.299. The molecule has 1 aliphatic heterocycles. The minimum absolute atomic E-state index is 0.000531. The number of amides is 2. The standard InChI is InChI=1S/C18H20N2O3S/c1-2-7-19(13-16-6-4-9-24-16)18(22)14-10-17(21)20(11-14)12-15-5-3-8-23-15/h2-6,8-9,14H,1,7,10-13H2. The molecule has 0 aliphatic carbocycles. The van der Waals surface area contributed by atoms with Gasteiger partial charge in [0.25, 0.3) is 0 Å². The van der Waals surface area contributed by atoms with Crippen molar-refractivity contribution in [2.45, 2.75) is 19.5 Å². The van der Waals surface area contributed by atoms with Crippen molar-refractivity contribution >= 4 is 23.2 Å². The molecule has 0 bridgehead atoms. The van der Waals surface area contributed by atoms with E-state index < -0.39 is 0 Å². The van der Waals surface area contributed by atoms with Crippen LogP contribution in [0.3, 0.4) is 0 Å². The highest BCUT2D eigenvalue weighted by Gasteiger charge is 2.36. The predicted molar refractivity (Wildman–Crippen MR) is 92.2 cm³/mol. The Hall–Kier alpha value is -2.34. The highest BCUT2D eigenvalue weighted by Crippen LogP contribution is 2.23. The number of rotatable bonds is 7. The summed E-state index contributed by atoms with van der Waals surface area (Å²) in [4.78, 5) is 29.6. The molecule has 2 amide bonds. The lowest BCUT2D eigenvalue weighted by atomic mass is 10.1. The van der Waals surface area contributed by atoms with Crippen LogP contribution in [0.15, 0.2) is 53.0 Å². The van der Waals surface area contributed by atoms with Gasteiger partial charge in [-0.05, 0) is 23.6 Å². The number of hydrogen-bond acceptors (Lipinski definition) is 4. The molecule has 1 saturated heterocycles. The van der Waals surface area contributed by atoms with E-state index >= 15 is 0 Å². The SMILES string of the molecule is C=CCN(Cc1cccs1)C(=O)C1CC(=O)N(Cc2ccco2)C1. The number of nitrogens with zero attached hydrogens (tertiary/aromatic N) is 2. The molecule has 2 aromatic heterocycles. The molecule has 1 aliphatic rings. The highest BCUT2D eigenvalue weighted by molar-refractivity contribution is 7.09. The van der Waals surface area contributed by atoms with E-state index in [2.05, 4.69) is 6.58 Å². The van der Waals surface area contributed by atoms with E-state index in [0.717, 1.165) is 10.6 Å². The van der Waals surface area contributed by atoms with Crippen molar-refractivity contribution in [1.82, 2.24) is 9.80 Å². The Kier molecular flexibility index (Phi) is 5.15. The monoisotopic (exact) mass is 344 g/mol. The molecule has 5 nitrogen and oxygen atoms in total. The van der Waals surface area contributed by atoms with Crippen LogP contribution < -0.4 is 0 Å². The average Bonchev–Trinajstić information content (AvgIpc) is 3.30. The Morgan fingerprint density at radius 3 is 3.00 bits per heavy atom. The van der Waals surface area contributed by atoms with Gasteiger partial charge in [0.15, 0.2) is 0 Å². The van der Waals surface area contributed by atoms with Crippen LogP contribution in [-0.2, 0) is 22.7 Å². The maximum absolute atomic E-state index is 12.8. The summed E-state index contributed by atoms with van der Waals surface area (Å²) < 4.78 is 5.29. The fraction of sp³-hybridized carbons (Fsp3) is 0.333. The molecule has 0 spiro atoms. The molecule has 24 heavy (non-hydrogen) atoms. The molecule has 6 heteroatoms. The topological polar surface area (TPSA) is 53.8 Å². The van der Waals surface area contributed by atoms with Gasteiger partial charge in [-0.2, -0.15) is 0 Å². The van der Waals surface area contributed by atoms with Gasteiger partial charge in [-0.15, -0.1) is 17.9 Å². The molecule has 2 aromatic rings. The molecule has 1 fully saturated rings. The first-order chi connectivity index (χ1) is 11.7. The van der Waals surface area contributed by atoms with Crippen LogP contribution in [0.1, 0.15) is 17.1 Å². The fourth-order valence-electron chi connectivity index (χ4n) is 2.92. The maximum Gasteiger partial charge on any atom is 0.228 e. The molecule has 126 valence electrons. The molecule has 3 heterocycles. The number of furan rings is 1. The van der Waals surface area contributed by atoms with Gasteiger partial charge in [-0.25, -0.2) is 0 Å². The van der Waals surface area contributed by atoms with Gasteiger partial charge < -0.3 is 14.2 Å². The van der Waals surface area contributed by atoms with Crippen LogP contribution in [0.25, 0.3) is 0 Å². The smallest absolute Gasteiger partial charge is 0.228 e. The zero-order valence-electron chi connectivity index (χ0n) is 13.4. The van der Waals surface area contributed by atoms with Gasteiger partial charge in [0.1, 0.15) is 5.76 Å². The Balaban J connectivity index is 1.64. The molecule has 3 rings (SSSR count). The average molecular weight is 344 g/mol.